The van der Waals surface area contributed by atoms with Crippen molar-refractivity contribution in [2.24, 2.45) is 0 Å². The molecular weight excluding hydrogens is 278 g/mol. The zero-order chi connectivity index (χ0) is 15.4. The predicted molar refractivity (Wildman–Crippen MR) is 73.0 cm³/mol. The van der Waals surface area contributed by atoms with E-state index in [0.717, 1.165) is 12.1 Å². The van der Waals surface area contributed by atoms with Crippen molar-refractivity contribution < 1.29 is 23.0 Å². The molecule has 2 aromatic carbocycles. The van der Waals surface area contributed by atoms with Gasteiger partial charge in [-0.2, -0.15) is 0 Å². The van der Waals surface area contributed by atoms with Gasteiger partial charge in [0, 0.05) is 25.3 Å². The van der Waals surface area contributed by atoms with Crippen LogP contribution in [0.25, 0.3) is 0 Å². The minimum Gasteiger partial charge on any atom is -0.352 e. The van der Waals surface area contributed by atoms with Gasteiger partial charge < -0.3 is 9.47 Å². The molecule has 0 amide bonds. The van der Waals surface area contributed by atoms with Crippen LogP contribution in [0.5, 0.6) is 0 Å². The van der Waals surface area contributed by atoms with Crippen LogP contribution in [0.4, 0.5) is 8.78 Å². The number of rotatable bonds is 5. The van der Waals surface area contributed by atoms with E-state index in [-0.39, 0.29) is 11.1 Å². The largest absolute Gasteiger partial charge is 0.352 e. The summed E-state index contributed by atoms with van der Waals surface area (Å²) >= 11 is 0. The van der Waals surface area contributed by atoms with Gasteiger partial charge in [0.25, 0.3) is 0 Å². The molecule has 0 heterocycles. The highest BCUT2D eigenvalue weighted by atomic mass is 19.1. The summed E-state index contributed by atoms with van der Waals surface area (Å²) in [5.41, 5.74) is 0.427. The van der Waals surface area contributed by atoms with Crippen molar-refractivity contribution in [3.8, 4) is 0 Å². The Balaban J connectivity index is 2.43. The highest BCUT2D eigenvalue weighted by Crippen LogP contribution is 2.22. The summed E-state index contributed by atoms with van der Waals surface area (Å²) in [5.74, 6) is -1.83. The first-order chi connectivity index (χ1) is 10.1. The Morgan fingerprint density at radius 1 is 1.05 bits per heavy atom. The molecule has 0 saturated carbocycles. The number of carbonyl (C=O) groups is 1. The van der Waals surface area contributed by atoms with Crippen molar-refractivity contribution in [1.82, 2.24) is 0 Å². The fourth-order valence-corrected chi connectivity index (χ4v) is 2.02. The maximum absolute atomic E-state index is 13.9. The Labute approximate surface area is 121 Å². The third kappa shape index (κ3) is 3.32. The molecule has 0 unspecified atom stereocenters. The molecule has 21 heavy (non-hydrogen) atoms. The summed E-state index contributed by atoms with van der Waals surface area (Å²) in [6, 6.07) is 9.09. The molecule has 0 aromatic heterocycles. The van der Waals surface area contributed by atoms with Crippen LogP contribution in [0, 0.1) is 11.6 Å². The summed E-state index contributed by atoms with van der Waals surface area (Å²) in [7, 11) is 2.87. The summed E-state index contributed by atoms with van der Waals surface area (Å²) in [4.78, 5) is 12.3. The van der Waals surface area contributed by atoms with Crippen molar-refractivity contribution in [2.75, 3.05) is 14.2 Å². The SMILES string of the molecule is COC(OC)c1ccc(F)c(C(=O)c2cccc(F)c2)c1. The Morgan fingerprint density at radius 3 is 2.38 bits per heavy atom. The molecule has 3 nitrogen and oxygen atoms in total. The van der Waals surface area contributed by atoms with Crippen molar-refractivity contribution in [1.29, 1.82) is 0 Å². The fraction of sp³-hybridized carbons (Fsp3) is 0.188. The van der Waals surface area contributed by atoms with E-state index >= 15 is 0 Å². The molecule has 110 valence electrons. The van der Waals surface area contributed by atoms with Gasteiger partial charge in [0.15, 0.2) is 12.1 Å². The number of hydrogen-bond acceptors (Lipinski definition) is 3. The lowest BCUT2D eigenvalue weighted by molar-refractivity contribution is -0.106. The average molecular weight is 292 g/mol. The molecule has 0 N–H and O–H groups in total. The van der Waals surface area contributed by atoms with Gasteiger partial charge in [-0.15, -0.1) is 0 Å². The highest BCUT2D eigenvalue weighted by molar-refractivity contribution is 6.09. The van der Waals surface area contributed by atoms with Gasteiger partial charge in [-0.25, -0.2) is 8.78 Å². The lowest BCUT2D eigenvalue weighted by Gasteiger charge is -2.14. The molecule has 0 atom stereocenters. The number of halogens is 2. The Hall–Kier alpha value is -2.11. The zero-order valence-electron chi connectivity index (χ0n) is 11.6. The second-order valence-electron chi connectivity index (χ2n) is 4.38. The molecular formula is C16H14F2O3. The van der Waals surface area contributed by atoms with E-state index in [2.05, 4.69) is 0 Å². The van der Waals surface area contributed by atoms with Crippen LogP contribution in [-0.4, -0.2) is 20.0 Å². The maximum Gasteiger partial charge on any atom is 0.196 e. The second-order valence-corrected chi connectivity index (χ2v) is 4.38. The predicted octanol–water partition coefficient (Wildman–Crippen LogP) is 3.49. The normalized spacial score (nSPS) is 10.9. The second kappa shape index (κ2) is 6.56. The number of methoxy groups -OCH3 is 2. The lowest BCUT2D eigenvalue weighted by Crippen LogP contribution is -2.09. The van der Waals surface area contributed by atoms with Gasteiger partial charge in [0.1, 0.15) is 11.6 Å². The first-order valence-electron chi connectivity index (χ1n) is 6.22. The minimum atomic E-state index is -0.704. The van der Waals surface area contributed by atoms with Crippen molar-refractivity contribution >= 4 is 5.78 Å². The molecule has 0 spiro atoms. The number of hydrogen-bond donors (Lipinski definition) is 0. The number of benzene rings is 2. The van der Waals surface area contributed by atoms with Crippen LogP contribution < -0.4 is 0 Å². The van der Waals surface area contributed by atoms with Crippen LogP contribution in [0.15, 0.2) is 42.5 Å². The fourth-order valence-electron chi connectivity index (χ4n) is 2.02. The zero-order valence-corrected chi connectivity index (χ0v) is 11.6. The van der Waals surface area contributed by atoms with Crippen LogP contribution >= 0.6 is 0 Å². The average Bonchev–Trinajstić information content (AvgIpc) is 2.49. The number of ether oxygens (including phenoxy) is 2. The van der Waals surface area contributed by atoms with Crippen molar-refractivity contribution in [2.45, 2.75) is 6.29 Å². The molecule has 2 rings (SSSR count). The van der Waals surface area contributed by atoms with Crippen LogP contribution in [0.2, 0.25) is 0 Å². The Morgan fingerprint density at radius 2 is 1.76 bits per heavy atom. The first kappa shape index (κ1) is 15.3. The lowest BCUT2D eigenvalue weighted by atomic mass is 10.0. The Kier molecular flexibility index (Phi) is 4.77. The minimum absolute atomic E-state index is 0.0810. The van der Waals surface area contributed by atoms with Crippen molar-refractivity contribution in [3.05, 3.63) is 70.8 Å². The first-order valence-corrected chi connectivity index (χ1v) is 6.22. The Bertz CT molecular complexity index is 652. The van der Waals surface area contributed by atoms with Gasteiger partial charge in [0.05, 0.1) is 5.56 Å². The maximum atomic E-state index is 13.9. The monoisotopic (exact) mass is 292 g/mol. The van der Waals surface area contributed by atoms with Gasteiger partial charge in [-0.1, -0.05) is 18.2 Å². The molecule has 0 saturated heterocycles. The van der Waals surface area contributed by atoms with Gasteiger partial charge in [-0.05, 0) is 24.3 Å². The topological polar surface area (TPSA) is 35.5 Å². The molecule has 5 heteroatoms. The van der Waals surface area contributed by atoms with Gasteiger partial charge in [-0.3, -0.25) is 4.79 Å². The molecule has 0 aliphatic rings. The van der Waals surface area contributed by atoms with Crippen molar-refractivity contribution in [3.63, 3.8) is 0 Å². The van der Waals surface area contributed by atoms with Crippen LogP contribution in [-0.2, 0) is 9.47 Å². The van der Waals surface area contributed by atoms with E-state index in [9.17, 15) is 13.6 Å². The van der Waals surface area contributed by atoms with Gasteiger partial charge in [0.2, 0.25) is 0 Å². The molecule has 0 radical (unpaired) electrons. The van der Waals surface area contributed by atoms with Crippen LogP contribution in [0.1, 0.15) is 27.8 Å². The molecule has 0 aliphatic heterocycles. The molecule has 0 fully saturated rings. The highest BCUT2D eigenvalue weighted by Gasteiger charge is 2.18. The van der Waals surface area contributed by atoms with E-state index in [4.69, 9.17) is 9.47 Å². The van der Waals surface area contributed by atoms with Crippen LogP contribution in [0.3, 0.4) is 0 Å². The smallest absolute Gasteiger partial charge is 0.196 e. The molecule has 2 aromatic rings. The number of ketones is 1. The van der Waals surface area contributed by atoms with Gasteiger partial charge >= 0.3 is 0 Å². The summed E-state index contributed by atoms with van der Waals surface area (Å²) in [6.45, 7) is 0. The quantitative estimate of drug-likeness (QED) is 0.625. The summed E-state index contributed by atoms with van der Waals surface area (Å²) in [5, 5.41) is 0. The molecule has 0 aliphatic carbocycles. The summed E-state index contributed by atoms with van der Waals surface area (Å²) < 4.78 is 37.2. The van der Waals surface area contributed by atoms with E-state index in [1.807, 2.05) is 0 Å². The standard InChI is InChI=1S/C16H14F2O3/c1-20-16(21-2)11-6-7-14(18)13(9-11)15(19)10-4-3-5-12(17)8-10/h3-9,16H,1-2H3. The van der Waals surface area contributed by atoms with E-state index < -0.39 is 23.7 Å². The third-order valence-electron chi connectivity index (χ3n) is 3.02. The van der Waals surface area contributed by atoms with E-state index in [1.54, 1.807) is 0 Å². The third-order valence-corrected chi connectivity index (χ3v) is 3.02. The summed E-state index contributed by atoms with van der Waals surface area (Å²) in [6.07, 6.45) is -0.704. The van der Waals surface area contributed by atoms with E-state index in [0.29, 0.717) is 5.56 Å². The molecule has 0 bridgehead atoms. The number of carbonyl (C=O) groups excluding carboxylic acids is 1. The van der Waals surface area contributed by atoms with E-state index in [1.165, 1.54) is 44.6 Å².